The van der Waals surface area contributed by atoms with E-state index in [1.807, 2.05) is 37.3 Å². The van der Waals surface area contributed by atoms with Crippen molar-refractivity contribution in [2.45, 2.75) is 39.3 Å². The smallest absolute Gasteiger partial charge is 0.253 e. The maximum absolute atomic E-state index is 13.8. The molecule has 29 heavy (non-hydrogen) atoms. The van der Waals surface area contributed by atoms with Crippen LogP contribution in [-0.4, -0.2) is 23.0 Å². The molecule has 0 aliphatic carbocycles. The maximum Gasteiger partial charge on any atom is 0.253 e. The molecule has 2 aromatic carbocycles. The number of fused-ring (bicyclic) bond motifs is 1. The molecule has 1 unspecified atom stereocenters. The van der Waals surface area contributed by atoms with Crippen LogP contribution < -0.4 is 5.32 Å². The number of pyridine rings is 1. The average molecular weight is 394 g/mol. The highest BCUT2D eigenvalue weighted by molar-refractivity contribution is 5.97. The number of hydrogen-bond acceptors (Lipinski definition) is 3. The van der Waals surface area contributed by atoms with Gasteiger partial charge in [0.1, 0.15) is 11.3 Å². The SMILES string of the molecule is CC(C)CC(C)(COCc1ccccc1)NC(=O)c1cnc2c(F)cccc2c1. The summed E-state index contributed by atoms with van der Waals surface area (Å²) in [5.41, 5.74) is 1.23. The topological polar surface area (TPSA) is 51.2 Å². The minimum absolute atomic E-state index is 0.241. The molecule has 3 aromatic rings. The van der Waals surface area contributed by atoms with Gasteiger partial charge in [0.15, 0.2) is 0 Å². The molecule has 152 valence electrons. The van der Waals surface area contributed by atoms with Crippen LogP contribution in [-0.2, 0) is 11.3 Å². The number of benzene rings is 2. The van der Waals surface area contributed by atoms with Gasteiger partial charge in [0.2, 0.25) is 0 Å². The molecule has 5 heteroatoms. The quantitative estimate of drug-likeness (QED) is 0.577. The van der Waals surface area contributed by atoms with Crippen LogP contribution in [0.1, 0.15) is 43.1 Å². The molecule has 0 spiro atoms. The minimum atomic E-state index is -0.531. The van der Waals surface area contributed by atoms with Crippen LogP contribution in [0.4, 0.5) is 4.39 Å². The Hall–Kier alpha value is -2.79. The number of nitrogens with one attached hydrogen (secondary N) is 1. The van der Waals surface area contributed by atoms with E-state index in [1.165, 1.54) is 12.3 Å². The van der Waals surface area contributed by atoms with Crippen molar-refractivity contribution in [3.63, 3.8) is 0 Å². The molecule has 1 aromatic heterocycles. The van der Waals surface area contributed by atoms with E-state index in [2.05, 4.69) is 24.1 Å². The van der Waals surface area contributed by atoms with Crippen LogP contribution >= 0.6 is 0 Å². The highest BCUT2D eigenvalue weighted by atomic mass is 19.1. The zero-order chi connectivity index (χ0) is 20.9. The van der Waals surface area contributed by atoms with Gasteiger partial charge in [0.25, 0.3) is 5.91 Å². The lowest BCUT2D eigenvalue weighted by molar-refractivity contribution is 0.0493. The number of halogens is 1. The van der Waals surface area contributed by atoms with Crippen molar-refractivity contribution >= 4 is 16.8 Å². The van der Waals surface area contributed by atoms with Gasteiger partial charge in [-0.25, -0.2) is 4.39 Å². The number of amides is 1. The lowest BCUT2D eigenvalue weighted by atomic mass is 9.91. The largest absolute Gasteiger partial charge is 0.374 e. The molecular formula is C24H27FN2O2. The van der Waals surface area contributed by atoms with Gasteiger partial charge in [-0.05, 0) is 37.0 Å². The summed E-state index contributed by atoms with van der Waals surface area (Å²) in [5, 5.41) is 3.71. The summed E-state index contributed by atoms with van der Waals surface area (Å²) >= 11 is 0. The van der Waals surface area contributed by atoms with Crippen LogP contribution in [0.3, 0.4) is 0 Å². The Kier molecular flexibility index (Phi) is 6.60. The predicted octanol–water partition coefficient (Wildman–Crippen LogP) is 5.13. The third-order valence-corrected chi connectivity index (χ3v) is 4.73. The molecule has 0 saturated heterocycles. The van der Waals surface area contributed by atoms with E-state index >= 15 is 0 Å². The summed E-state index contributed by atoms with van der Waals surface area (Å²) in [5.74, 6) is -0.256. The average Bonchev–Trinajstić information content (AvgIpc) is 2.68. The lowest BCUT2D eigenvalue weighted by Crippen LogP contribution is -2.50. The first kappa shape index (κ1) is 20.9. The van der Waals surface area contributed by atoms with E-state index in [9.17, 15) is 9.18 Å². The fourth-order valence-electron chi connectivity index (χ4n) is 3.61. The number of carbonyl (C=O) groups is 1. The van der Waals surface area contributed by atoms with Gasteiger partial charge < -0.3 is 10.1 Å². The summed E-state index contributed by atoms with van der Waals surface area (Å²) in [4.78, 5) is 17.0. The second kappa shape index (κ2) is 9.14. The minimum Gasteiger partial charge on any atom is -0.374 e. The van der Waals surface area contributed by atoms with Crippen molar-refractivity contribution in [2.24, 2.45) is 5.92 Å². The third-order valence-electron chi connectivity index (χ3n) is 4.73. The summed E-state index contributed by atoms with van der Waals surface area (Å²) in [6, 6.07) is 16.3. The van der Waals surface area contributed by atoms with E-state index in [4.69, 9.17) is 4.74 Å². The first-order chi connectivity index (χ1) is 13.9. The van der Waals surface area contributed by atoms with Crippen LogP contribution in [0.25, 0.3) is 10.9 Å². The van der Waals surface area contributed by atoms with Crippen molar-refractivity contribution in [2.75, 3.05) is 6.61 Å². The first-order valence-corrected chi connectivity index (χ1v) is 9.85. The Morgan fingerprint density at radius 2 is 1.93 bits per heavy atom. The second-order valence-electron chi connectivity index (χ2n) is 8.13. The summed E-state index contributed by atoms with van der Waals surface area (Å²) < 4.78 is 19.8. The normalized spacial score (nSPS) is 13.4. The molecule has 1 atom stereocenters. The van der Waals surface area contributed by atoms with Crippen LogP contribution in [0.15, 0.2) is 60.8 Å². The molecule has 0 saturated carbocycles. The number of nitrogens with zero attached hydrogens (tertiary/aromatic N) is 1. The molecule has 1 N–H and O–H groups in total. The number of aromatic nitrogens is 1. The monoisotopic (exact) mass is 394 g/mol. The van der Waals surface area contributed by atoms with Gasteiger partial charge in [-0.2, -0.15) is 0 Å². The van der Waals surface area contributed by atoms with Crippen molar-refractivity contribution < 1.29 is 13.9 Å². The van der Waals surface area contributed by atoms with Crippen molar-refractivity contribution in [1.29, 1.82) is 0 Å². The molecule has 4 nitrogen and oxygen atoms in total. The highest BCUT2D eigenvalue weighted by Crippen LogP contribution is 2.21. The van der Waals surface area contributed by atoms with Crippen molar-refractivity contribution in [3.8, 4) is 0 Å². The zero-order valence-corrected chi connectivity index (χ0v) is 17.1. The van der Waals surface area contributed by atoms with E-state index < -0.39 is 11.4 Å². The first-order valence-electron chi connectivity index (χ1n) is 9.85. The molecular weight excluding hydrogens is 367 g/mol. The van der Waals surface area contributed by atoms with Gasteiger partial charge in [-0.15, -0.1) is 0 Å². The van der Waals surface area contributed by atoms with Crippen LogP contribution in [0.2, 0.25) is 0 Å². The van der Waals surface area contributed by atoms with Crippen molar-refractivity contribution in [3.05, 3.63) is 77.7 Å². The van der Waals surface area contributed by atoms with Gasteiger partial charge in [-0.1, -0.05) is 56.3 Å². The number of carbonyl (C=O) groups excluding carboxylic acids is 1. The molecule has 3 rings (SSSR count). The Morgan fingerprint density at radius 3 is 2.66 bits per heavy atom. The van der Waals surface area contributed by atoms with E-state index in [0.29, 0.717) is 30.1 Å². The lowest BCUT2D eigenvalue weighted by Gasteiger charge is -2.32. The Bertz CT molecular complexity index is 975. The maximum atomic E-state index is 13.8. The van der Waals surface area contributed by atoms with E-state index in [0.717, 1.165) is 12.0 Å². The summed E-state index contributed by atoms with van der Waals surface area (Å²) in [6.07, 6.45) is 2.19. The predicted molar refractivity (Wildman–Crippen MR) is 113 cm³/mol. The fourth-order valence-corrected chi connectivity index (χ4v) is 3.61. The zero-order valence-electron chi connectivity index (χ0n) is 17.1. The van der Waals surface area contributed by atoms with Crippen LogP contribution in [0, 0.1) is 11.7 Å². The fraction of sp³-hybridized carbons (Fsp3) is 0.333. The molecule has 1 heterocycles. The Balaban J connectivity index is 1.72. The Labute approximate surface area is 171 Å². The standard InChI is InChI=1S/C24H27FN2O2/c1-17(2)13-24(3,16-29-15-18-8-5-4-6-9-18)27-23(28)20-12-19-10-7-11-21(25)22(19)26-14-20/h4-12,14,17H,13,15-16H2,1-3H3,(H,27,28). The molecule has 0 aliphatic rings. The van der Waals surface area contributed by atoms with E-state index in [1.54, 1.807) is 18.2 Å². The van der Waals surface area contributed by atoms with Crippen molar-refractivity contribution in [1.82, 2.24) is 10.3 Å². The molecule has 0 bridgehead atoms. The highest BCUT2D eigenvalue weighted by Gasteiger charge is 2.28. The van der Waals surface area contributed by atoms with Gasteiger partial charge in [0.05, 0.1) is 24.3 Å². The number of para-hydroxylation sites is 1. The Morgan fingerprint density at radius 1 is 1.17 bits per heavy atom. The molecule has 0 radical (unpaired) electrons. The van der Waals surface area contributed by atoms with Gasteiger partial charge >= 0.3 is 0 Å². The molecule has 0 fully saturated rings. The summed E-state index contributed by atoms with van der Waals surface area (Å²) in [6.45, 7) is 7.09. The molecule has 1 amide bonds. The van der Waals surface area contributed by atoms with E-state index in [-0.39, 0.29) is 11.4 Å². The summed E-state index contributed by atoms with van der Waals surface area (Å²) in [7, 11) is 0. The van der Waals surface area contributed by atoms with Gasteiger partial charge in [-0.3, -0.25) is 9.78 Å². The number of rotatable bonds is 8. The number of ether oxygens (including phenoxy) is 1. The van der Waals surface area contributed by atoms with Gasteiger partial charge in [0, 0.05) is 11.6 Å². The second-order valence-corrected chi connectivity index (χ2v) is 8.13. The number of hydrogen-bond donors (Lipinski definition) is 1. The third kappa shape index (κ3) is 5.61. The molecule has 0 aliphatic heterocycles. The van der Waals surface area contributed by atoms with Crippen LogP contribution in [0.5, 0.6) is 0 Å².